The van der Waals surface area contributed by atoms with Gasteiger partial charge in [0.2, 0.25) is 11.8 Å². The average Bonchev–Trinajstić information content (AvgIpc) is 2.87. The van der Waals surface area contributed by atoms with Crippen molar-refractivity contribution in [2.45, 2.75) is 106 Å². The molecule has 1 unspecified atom stereocenters. The zero-order valence-corrected chi connectivity index (χ0v) is 25.6. The maximum atomic E-state index is 13.1. The Hall–Kier alpha value is -2.93. The quantitative estimate of drug-likeness (QED) is 0.271. The van der Waals surface area contributed by atoms with E-state index in [4.69, 9.17) is 4.74 Å². The summed E-state index contributed by atoms with van der Waals surface area (Å²) in [4.78, 5) is 38.7. The average molecular weight is 542 g/mol. The number of unbranched alkanes of at least 4 members (excludes halogenated alkanes) is 1. The minimum atomic E-state index is -0.657. The molecule has 7 nitrogen and oxygen atoms in total. The Labute approximate surface area is 235 Å². The predicted molar refractivity (Wildman–Crippen MR) is 161 cm³/mol. The number of fused-ring (bicyclic) bond motifs is 1. The third-order valence-electron chi connectivity index (χ3n) is 6.17. The van der Waals surface area contributed by atoms with Crippen molar-refractivity contribution < 1.29 is 19.1 Å². The Morgan fingerprint density at radius 1 is 0.872 bits per heavy atom. The van der Waals surface area contributed by atoms with Gasteiger partial charge in [0.25, 0.3) is 5.91 Å². The number of carbonyl (C=O) groups is 3. The number of rotatable bonds is 13. The molecule has 0 saturated carbocycles. The van der Waals surface area contributed by atoms with Crippen molar-refractivity contribution in [1.82, 2.24) is 16.0 Å². The van der Waals surface area contributed by atoms with Gasteiger partial charge in [-0.1, -0.05) is 64.1 Å². The molecule has 0 aromatic heterocycles. The van der Waals surface area contributed by atoms with Crippen molar-refractivity contribution in [2.75, 3.05) is 13.2 Å². The summed E-state index contributed by atoms with van der Waals surface area (Å²) in [6, 6.07) is 12.6. The molecule has 2 aromatic carbocycles. The number of hydrogen-bond acceptors (Lipinski definition) is 4. The summed E-state index contributed by atoms with van der Waals surface area (Å²) in [5.74, 6) is -0.482. The fourth-order valence-corrected chi connectivity index (χ4v) is 3.95. The van der Waals surface area contributed by atoms with Gasteiger partial charge in [0.05, 0.1) is 5.60 Å². The lowest BCUT2D eigenvalue weighted by molar-refractivity contribution is -0.131. The van der Waals surface area contributed by atoms with E-state index in [0.717, 1.165) is 10.8 Å². The predicted octanol–water partition coefficient (Wildman–Crippen LogP) is 6.01. The lowest BCUT2D eigenvalue weighted by atomic mass is 9.88. The van der Waals surface area contributed by atoms with E-state index in [1.54, 1.807) is 6.07 Å². The molecule has 0 spiro atoms. The van der Waals surface area contributed by atoms with Crippen LogP contribution >= 0.6 is 0 Å². The first-order chi connectivity index (χ1) is 18.3. The largest absolute Gasteiger partial charge is 0.376 e. The Morgan fingerprint density at radius 2 is 1.51 bits per heavy atom. The second-order valence-corrected chi connectivity index (χ2v) is 11.6. The SMILES string of the molecule is CC.CC(C)NC(=O)C(CCCCNC(=O)C(C)(C)CCOC(C)(C)C)NC(=O)c1cccc2ccccc12. The van der Waals surface area contributed by atoms with Crippen molar-refractivity contribution in [3.8, 4) is 0 Å². The summed E-state index contributed by atoms with van der Waals surface area (Å²) in [7, 11) is 0. The van der Waals surface area contributed by atoms with Crippen LogP contribution in [0.1, 0.15) is 98.4 Å². The molecule has 0 aliphatic heterocycles. The number of nitrogens with one attached hydrogen (secondary N) is 3. The fourth-order valence-electron chi connectivity index (χ4n) is 3.95. The highest BCUT2D eigenvalue weighted by molar-refractivity contribution is 6.08. The highest BCUT2D eigenvalue weighted by Gasteiger charge is 2.28. The van der Waals surface area contributed by atoms with Gasteiger partial charge in [-0.3, -0.25) is 14.4 Å². The molecule has 0 radical (unpaired) electrons. The van der Waals surface area contributed by atoms with Crippen LogP contribution in [0.15, 0.2) is 42.5 Å². The molecule has 0 saturated heterocycles. The van der Waals surface area contributed by atoms with E-state index in [1.165, 1.54) is 0 Å². The van der Waals surface area contributed by atoms with Gasteiger partial charge in [0.1, 0.15) is 6.04 Å². The van der Waals surface area contributed by atoms with Crippen LogP contribution in [0.4, 0.5) is 0 Å². The third kappa shape index (κ3) is 12.2. The van der Waals surface area contributed by atoms with Gasteiger partial charge in [-0.2, -0.15) is 0 Å². The smallest absolute Gasteiger partial charge is 0.252 e. The molecular weight excluding hydrogens is 490 g/mol. The van der Waals surface area contributed by atoms with Gasteiger partial charge < -0.3 is 20.7 Å². The van der Waals surface area contributed by atoms with Gasteiger partial charge in [-0.05, 0) is 77.1 Å². The second-order valence-electron chi connectivity index (χ2n) is 11.6. The molecule has 3 N–H and O–H groups in total. The lowest BCUT2D eigenvalue weighted by Gasteiger charge is -2.26. The molecule has 1 atom stereocenters. The molecule has 0 aliphatic carbocycles. The molecule has 7 heteroatoms. The van der Waals surface area contributed by atoms with Gasteiger partial charge in [-0.25, -0.2) is 0 Å². The van der Waals surface area contributed by atoms with Crippen LogP contribution in [0, 0.1) is 5.41 Å². The second kappa shape index (κ2) is 16.2. The summed E-state index contributed by atoms with van der Waals surface area (Å²) in [6.45, 7) is 18.7. The number of hydrogen-bond donors (Lipinski definition) is 3. The zero-order valence-electron chi connectivity index (χ0n) is 25.6. The number of benzene rings is 2. The van der Waals surface area contributed by atoms with Crippen molar-refractivity contribution >= 4 is 28.5 Å². The minimum absolute atomic E-state index is 0.0108. The standard InChI is InChI=1S/C30H45N3O4.C2H6/c1-21(2)32-27(35)25(33-26(34)24-16-12-14-22-13-8-9-15-23(22)24)17-10-11-19-31-28(36)30(6,7)18-20-37-29(3,4)5;1-2/h8-9,12-16,21,25H,10-11,17-20H2,1-7H3,(H,31,36)(H,32,35)(H,33,34);1-2H3. The van der Waals surface area contributed by atoms with E-state index >= 15 is 0 Å². The molecule has 218 valence electrons. The van der Waals surface area contributed by atoms with E-state index < -0.39 is 11.5 Å². The first-order valence-electron chi connectivity index (χ1n) is 14.3. The van der Waals surface area contributed by atoms with Gasteiger partial charge in [0.15, 0.2) is 0 Å². The Kier molecular flexibility index (Phi) is 14.2. The van der Waals surface area contributed by atoms with Crippen molar-refractivity contribution in [3.63, 3.8) is 0 Å². The first-order valence-corrected chi connectivity index (χ1v) is 14.3. The van der Waals surface area contributed by atoms with E-state index in [2.05, 4.69) is 16.0 Å². The van der Waals surface area contributed by atoms with Gasteiger partial charge >= 0.3 is 0 Å². The van der Waals surface area contributed by atoms with Crippen molar-refractivity contribution in [1.29, 1.82) is 0 Å². The normalized spacial score (nSPS) is 12.4. The van der Waals surface area contributed by atoms with Crippen molar-refractivity contribution in [3.05, 3.63) is 48.0 Å². The fraction of sp³-hybridized carbons (Fsp3) is 0.594. The van der Waals surface area contributed by atoms with Gasteiger partial charge in [-0.15, -0.1) is 0 Å². The van der Waals surface area contributed by atoms with Crippen LogP contribution in [0.25, 0.3) is 10.8 Å². The summed E-state index contributed by atoms with van der Waals surface area (Å²) in [6.07, 6.45) is 2.50. The molecule has 0 fully saturated rings. The molecule has 2 aromatic rings. The van der Waals surface area contributed by atoms with Crippen LogP contribution in [0.5, 0.6) is 0 Å². The minimum Gasteiger partial charge on any atom is -0.376 e. The molecular formula is C32H51N3O4. The summed E-state index contributed by atoms with van der Waals surface area (Å²) < 4.78 is 5.77. The van der Waals surface area contributed by atoms with Crippen molar-refractivity contribution in [2.24, 2.45) is 5.41 Å². The zero-order chi connectivity index (χ0) is 29.6. The maximum Gasteiger partial charge on any atom is 0.252 e. The highest BCUT2D eigenvalue weighted by Crippen LogP contribution is 2.22. The van der Waals surface area contributed by atoms with Crippen LogP contribution in [-0.4, -0.2) is 48.6 Å². The molecule has 0 heterocycles. The number of carbonyl (C=O) groups excluding carboxylic acids is 3. The van der Waals surface area contributed by atoms with Crippen LogP contribution in [0.2, 0.25) is 0 Å². The highest BCUT2D eigenvalue weighted by atomic mass is 16.5. The molecule has 2 rings (SSSR count). The Bertz CT molecular complexity index is 1050. The van der Waals surface area contributed by atoms with Crippen LogP contribution in [-0.2, 0) is 14.3 Å². The summed E-state index contributed by atoms with van der Waals surface area (Å²) in [5, 5.41) is 10.7. The summed E-state index contributed by atoms with van der Waals surface area (Å²) in [5.41, 5.74) is -0.212. The first kappa shape index (κ1) is 34.1. The van der Waals surface area contributed by atoms with E-state index in [9.17, 15) is 14.4 Å². The molecule has 0 bridgehead atoms. The van der Waals surface area contributed by atoms with Gasteiger partial charge in [0, 0.05) is 30.2 Å². The molecule has 0 aliphatic rings. The number of amides is 3. The van der Waals surface area contributed by atoms with E-state index in [0.29, 0.717) is 44.4 Å². The maximum absolute atomic E-state index is 13.1. The van der Waals surface area contributed by atoms with Crippen LogP contribution < -0.4 is 16.0 Å². The third-order valence-corrected chi connectivity index (χ3v) is 6.17. The molecule has 3 amide bonds. The van der Waals surface area contributed by atoms with Crippen LogP contribution in [0.3, 0.4) is 0 Å². The number of ether oxygens (including phenoxy) is 1. The monoisotopic (exact) mass is 541 g/mol. The lowest BCUT2D eigenvalue weighted by Crippen LogP contribution is -2.48. The van der Waals surface area contributed by atoms with E-state index in [1.807, 2.05) is 98.7 Å². The summed E-state index contributed by atoms with van der Waals surface area (Å²) >= 11 is 0. The Morgan fingerprint density at radius 3 is 2.15 bits per heavy atom. The Balaban J connectivity index is 0.00000371. The van der Waals surface area contributed by atoms with E-state index in [-0.39, 0.29) is 29.4 Å². The topological polar surface area (TPSA) is 96.5 Å². The molecule has 39 heavy (non-hydrogen) atoms.